The Morgan fingerprint density at radius 1 is 0.450 bits per heavy atom. The number of quaternary nitrogens is 1. The van der Waals surface area contributed by atoms with Crippen LogP contribution < -0.4 is 10.2 Å². The number of aliphatic hydroxyl groups excluding tert-OH is 1. The third-order valence-electron chi connectivity index (χ3n) is 14.2. The lowest BCUT2D eigenvalue weighted by molar-refractivity contribution is -0.870. The zero-order valence-corrected chi connectivity index (χ0v) is 53.4. The number of nitrogens with one attached hydrogen (secondary N) is 1. The van der Waals surface area contributed by atoms with E-state index in [0.29, 0.717) is 17.4 Å². The molecule has 0 aromatic rings. The molecule has 0 fully saturated rings. The molecule has 0 aromatic heterocycles. The lowest BCUT2D eigenvalue weighted by atomic mass is 10.0. The Labute approximate surface area is 494 Å². The van der Waals surface area contributed by atoms with Crippen LogP contribution in [0, 0.1) is 0 Å². The zero-order valence-electron chi connectivity index (χ0n) is 52.5. The second-order valence-electron chi connectivity index (χ2n) is 23.1. The summed E-state index contributed by atoms with van der Waals surface area (Å²) in [4.78, 5) is 25.6. The predicted octanol–water partition coefficient (Wildman–Crippen LogP) is 20.2. The fourth-order valence-electron chi connectivity index (χ4n) is 9.09. The van der Waals surface area contributed by atoms with Crippen LogP contribution in [0.5, 0.6) is 0 Å². The van der Waals surface area contributed by atoms with Crippen LogP contribution in [0.3, 0.4) is 0 Å². The van der Waals surface area contributed by atoms with Crippen molar-refractivity contribution in [2.45, 2.75) is 283 Å². The van der Waals surface area contributed by atoms with E-state index < -0.39 is 26.6 Å². The van der Waals surface area contributed by atoms with E-state index in [1.54, 1.807) is 6.08 Å². The van der Waals surface area contributed by atoms with E-state index in [0.717, 1.165) is 109 Å². The van der Waals surface area contributed by atoms with Crippen LogP contribution in [0.2, 0.25) is 0 Å². The number of hydrogen-bond donors (Lipinski definition) is 2. The van der Waals surface area contributed by atoms with Gasteiger partial charge in [0.15, 0.2) is 0 Å². The molecule has 3 atom stereocenters. The standard InChI is InChI=1S/C71H125N2O6P/c1-6-8-10-12-14-16-18-20-22-24-26-28-30-31-32-33-34-35-36-37-38-39-40-41-43-45-47-49-51-53-55-57-59-61-63-65-71(75)72-69(68-79-80(76,77)78-67-66-73(3,4)5)70(74)64-62-60-58-56-54-52-50-48-46-44-42-29-27-25-23-21-19-17-15-13-11-9-7-2/h8,10,14,16,20,22,26,28,31-32,34-35,37-38,40-41,45,47,62,64,69-70,74H,6-7,9,11-13,15,17-19,21,23-25,27,29-30,33,36,39,42-44,46,48-61,63,65-68H2,1-5H3,(H-,72,75,76,77)/b10-8-,16-14-,22-20-,28-26-,32-31-,35-34-,38-37-,41-40-,47-45-,64-62+. The molecule has 0 radical (unpaired) electrons. The van der Waals surface area contributed by atoms with Crippen LogP contribution in [-0.4, -0.2) is 68.5 Å². The van der Waals surface area contributed by atoms with Gasteiger partial charge in [0.05, 0.1) is 39.9 Å². The summed E-state index contributed by atoms with van der Waals surface area (Å²) in [5.41, 5.74) is 0. The summed E-state index contributed by atoms with van der Waals surface area (Å²) in [5.74, 6) is -0.211. The number of likely N-dealkylation sites (N-methyl/N-ethyl adjacent to an activating group) is 1. The topological polar surface area (TPSA) is 108 Å². The summed E-state index contributed by atoms with van der Waals surface area (Å²) < 4.78 is 23.4. The smallest absolute Gasteiger partial charge is 0.268 e. The van der Waals surface area contributed by atoms with Gasteiger partial charge >= 0.3 is 0 Å². The van der Waals surface area contributed by atoms with Crippen molar-refractivity contribution in [1.82, 2.24) is 5.32 Å². The van der Waals surface area contributed by atoms with E-state index in [4.69, 9.17) is 9.05 Å². The molecule has 8 nitrogen and oxygen atoms in total. The third kappa shape index (κ3) is 62.5. The molecule has 0 aromatic carbocycles. The van der Waals surface area contributed by atoms with E-state index in [2.05, 4.69) is 129 Å². The number of nitrogens with zero attached hydrogens (tertiary/aromatic N) is 1. The van der Waals surface area contributed by atoms with Crippen molar-refractivity contribution in [3.63, 3.8) is 0 Å². The molecule has 2 N–H and O–H groups in total. The highest BCUT2D eigenvalue weighted by molar-refractivity contribution is 7.45. The number of phosphoric ester groups is 1. The number of carbonyl (C=O) groups is 1. The van der Waals surface area contributed by atoms with Crippen molar-refractivity contribution in [3.05, 3.63) is 122 Å². The summed E-state index contributed by atoms with van der Waals surface area (Å²) in [6.07, 6.45) is 90.0. The summed E-state index contributed by atoms with van der Waals surface area (Å²) in [6.45, 7) is 4.54. The number of amides is 1. The van der Waals surface area contributed by atoms with Crippen molar-refractivity contribution >= 4 is 13.7 Å². The quantitative estimate of drug-likeness (QED) is 0.0272. The molecule has 0 bridgehead atoms. The van der Waals surface area contributed by atoms with Crippen molar-refractivity contribution in [3.8, 4) is 0 Å². The molecule has 3 unspecified atom stereocenters. The van der Waals surface area contributed by atoms with E-state index >= 15 is 0 Å². The highest BCUT2D eigenvalue weighted by Gasteiger charge is 2.23. The molecule has 0 aliphatic carbocycles. The van der Waals surface area contributed by atoms with Gasteiger partial charge in [0, 0.05) is 6.42 Å². The van der Waals surface area contributed by atoms with Gasteiger partial charge in [-0.15, -0.1) is 0 Å². The lowest BCUT2D eigenvalue weighted by Crippen LogP contribution is -2.45. The Kier molecular flexibility index (Phi) is 58.1. The molecular formula is C71H125N2O6P. The number of rotatable bonds is 59. The van der Waals surface area contributed by atoms with Crippen LogP contribution >= 0.6 is 7.82 Å². The van der Waals surface area contributed by atoms with Crippen LogP contribution in [0.25, 0.3) is 0 Å². The molecule has 0 saturated heterocycles. The molecule has 9 heteroatoms. The second kappa shape index (κ2) is 60.5. The first-order valence-electron chi connectivity index (χ1n) is 32.9. The summed E-state index contributed by atoms with van der Waals surface area (Å²) >= 11 is 0. The van der Waals surface area contributed by atoms with Crippen molar-refractivity contribution in [2.75, 3.05) is 40.9 Å². The molecule has 0 aliphatic heterocycles. The van der Waals surface area contributed by atoms with Crippen molar-refractivity contribution in [2.24, 2.45) is 0 Å². The highest BCUT2D eigenvalue weighted by atomic mass is 31.2. The minimum absolute atomic E-state index is 0.00901. The molecule has 0 rings (SSSR count). The van der Waals surface area contributed by atoms with Crippen molar-refractivity contribution in [1.29, 1.82) is 0 Å². The van der Waals surface area contributed by atoms with Gasteiger partial charge in [0.25, 0.3) is 7.82 Å². The van der Waals surface area contributed by atoms with Gasteiger partial charge in [-0.1, -0.05) is 296 Å². The minimum Gasteiger partial charge on any atom is -0.756 e. The number of phosphoric acid groups is 1. The predicted molar refractivity (Wildman–Crippen MR) is 348 cm³/mol. The number of carbonyl (C=O) groups excluding carboxylic acids is 1. The average molecular weight is 1130 g/mol. The maximum Gasteiger partial charge on any atom is 0.268 e. The highest BCUT2D eigenvalue weighted by Crippen LogP contribution is 2.38. The van der Waals surface area contributed by atoms with Gasteiger partial charge in [-0.3, -0.25) is 9.36 Å². The lowest BCUT2D eigenvalue weighted by Gasteiger charge is -2.29. The maximum absolute atomic E-state index is 13.0. The summed E-state index contributed by atoms with van der Waals surface area (Å²) in [7, 11) is 1.24. The SMILES string of the molecule is CC/C=C\C/C=C\C/C=C\C/C=C\C/C=C\C/C=C\C/C=C\C/C=C\C/C=C\CCCCCCCCCC(=O)NC(COP(=O)([O-])OCC[N+](C)(C)C)C(O)/C=C/CCCCCCCCCCCCCCCCCCCCCCC. The van der Waals surface area contributed by atoms with Gasteiger partial charge in [-0.05, 0) is 89.9 Å². The normalized spacial score (nSPS) is 14.5. The molecule has 460 valence electrons. The molecule has 1 amide bonds. The molecule has 80 heavy (non-hydrogen) atoms. The fourth-order valence-corrected chi connectivity index (χ4v) is 9.81. The van der Waals surface area contributed by atoms with Crippen LogP contribution in [0.1, 0.15) is 271 Å². The second-order valence-corrected chi connectivity index (χ2v) is 24.5. The maximum atomic E-state index is 13.0. The van der Waals surface area contributed by atoms with E-state index in [9.17, 15) is 19.4 Å². The zero-order chi connectivity index (χ0) is 58.4. The average Bonchev–Trinajstić information content (AvgIpc) is 3.42. The Balaban J connectivity index is 4.20. The molecule has 0 saturated carbocycles. The number of hydrogen-bond acceptors (Lipinski definition) is 6. The van der Waals surface area contributed by atoms with Gasteiger partial charge in [-0.25, -0.2) is 0 Å². The first-order chi connectivity index (χ1) is 39.0. The minimum atomic E-state index is -4.61. The van der Waals surface area contributed by atoms with Gasteiger partial charge in [0.2, 0.25) is 5.91 Å². The Morgan fingerprint density at radius 3 is 1.11 bits per heavy atom. The number of allylic oxidation sites excluding steroid dienone is 19. The molecule has 0 heterocycles. The van der Waals surface area contributed by atoms with Crippen molar-refractivity contribution < 1.29 is 32.9 Å². The molecular weight excluding hydrogens is 1010 g/mol. The number of aliphatic hydroxyl groups is 1. The van der Waals surface area contributed by atoms with Crippen LogP contribution in [-0.2, 0) is 18.4 Å². The monoisotopic (exact) mass is 1130 g/mol. The summed E-state index contributed by atoms with van der Waals surface area (Å²) in [6, 6.07) is -0.903. The largest absolute Gasteiger partial charge is 0.756 e. The molecule has 0 spiro atoms. The van der Waals surface area contributed by atoms with E-state index in [1.165, 1.54) is 141 Å². The van der Waals surface area contributed by atoms with Crippen LogP contribution in [0.15, 0.2) is 122 Å². The first-order valence-corrected chi connectivity index (χ1v) is 34.4. The van der Waals surface area contributed by atoms with Gasteiger partial charge in [-0.2, -0.15) is 0 Å². The molecule has 0 aliphatic rings. The first kappa shape index (κ1) is 76.9. The summed E-state index contributed by atoms with van der Waals surface area (Å²) in [5, 5.41) is 13.9. The fraction of sp³-hybridized carbons (Fsp3) is 0.704. The van der Waals surface area contributed by atoms with Gasteiger partial charge in [0.1, 0.15) is 13.2 Å². The Morgan fingerprint density at radius 2 is 0.762 bits per heavy atom. The van der Waals surface area contributed by atoms with E-state index in [-0.39, 0.29) is 12.5 Å². The van der Waals surface area contributed by atoms with Crippen LogP contribution in [0.4, 0.5) is 0 Å². The Bertz CT molecular complexity index is 1720. The third-order valence-corrected chi connectivity index (χ3v) is 15.1. The Hall–Kier alpha value is -3.10. The van der Waals surface area contributed by atoms with Gasteiger partial charge < -0.3 is 28.8 Å². The number of unbranched alkanes of at least 4 members (excludes halogenated alkanes) is 28. The van der Waals surface area contributed by atoms with E-state index in [1.807, 2.05) is 27.2 Å².